The number of carbonyl (C=O) groups excluding carboxylic acids is 2. The Morgan fingerprint density at radius 3 is 2.22 bits per heavy atom. The maximum absolute atomic E-state index is 12.4. The van der Waals surface area contributed by atoms with Gasteiger partial charge < -0.3 is 20.4 Å². The smallest absolute Gasteiger partial charge is 0.319 e. The Labute approximate surface area is 155 Å². The van der Waals surface area contributed by atoms with Crippen LogP contribution in [-0.4, -0.2) is 18.0 Å². The zero-order valence-electron chi connectivity index (χ0n) is 14.9. The molecule has 27 heavy (non-hydrogen) atoms. The number of fused-ring (bicyclic) bond motifs is 1. The number of urea groups is 1. The number of nitrogens with one attached hydrogen (secondary N) is 3. The first-order valence-corrected chi connectivity index (χ1v) is 8.44. The third-order valence-corrected chi connectivity index (χ3v) is 3.68. The minimum Gasteiger partial charge on any atom is -0.451 e. The molecular formula is C20H19N3O4. The molecule has 0 bridgehead atoms. The van der Waals surface area contributed by atoms with E-state index >= 15 is 0 Å². The summed E-state index contributed by atoms with van der Waals surface area (Å²) in [6.07, 6.45) is 0. The SMILES string of the molecule is CC(C)NC(=O)Nc1ccc(NC(=O)c2cc(=O)c3ccccc3o2)cc1. The zero-order chi connectivity index (χ0) is 19.4. The molecule has 3 N–H and O–H groups in total. The van der Waals surface area contributed by atoms with Crippen molar-refractivity contribution in [2.24, 2.45) is 0 Å². The van der Waals surface area contributed by atoms with Crippen LogP contribution in [0.5, 0.6) is 0 Å². The first kappa shape index (κ1) is 18.2. The standard InChI is InChI=1S/C20H19N3O4/c1-12(2)21-20(26)23-14-9-7-13(8-10-14)22-19(25)18-11-16(24)15-5-3-4-6-17(15)27-18/h3-12H,1-2H3,(H,22,25)(H2,21,23,26). The number of benzene rings is 2. The van der Waals surface area contributed by atoms with Gasteiger partial charge in [-0.1, -0.05) is 12.1 Å². The summed E-state index contributed by atoms with van der Waals surface area (Å²) in [6.45, 7) is 3.73. The van der Waals surface area contributed by atoms with Crippen molar-refractivity contribution < 1.29 is 14.0 Å². The van der Waals surface area contributed by atoms with Crippen LogP contribution < -0.4 is 21.4 Å². The van der Waals surface area contributed by atoms with E-state index in [9.17, 15) is 14.4 Å². The van der Waals surface area contributed by atoms with Crippen LogP contribution in [0.25, 0.3) is 11.0 Å². The molecule has 0 saturated carbocycles. The highest BCUT2D eigenvalue weighted by molar-refractivity contribution is 6.03. The van der Waals surface area contributed by atoms with Crippen molar-refractivity contribution in [2.45, 2.75) is 19.9 Å². The minimum absolute atomic E-state index is 0.0279. The fraction of sp³-hybridized carbons (Fsp3) is 0.150. The molecule has 0 aliphatic heterocycles. The van der Waals surface area contributed by atoms with Crippen LogP contribution in [0.3, 0.4) is 0 Å². The minimum atomic E-state index is -0.531. The summed E-state index contributed by atoms with van der Waals surface area (Å²) in [5.41, 5.74) is 1.16. The van der Waals surface area contributed by atoms with Gasteiger partial charge in [0, 0.05) is 23.5 Å². The molecule has 2 aromatic carbocycles. The number of carbonyl (C=O) groups is 2. The van der Waals surface area contributed by atoms with Gasteiger partial charge >= 0.3 is 6.03 Å². The molecule has 0 aliphatic rings. The lowest BCUT2D eigenvalue weighted by molar-refractivity contribution is 0.0997. The third-order valence-electron chi connectivity index (χ3n) is 3.68. The molecule has 0 radical (unpaired) electrons. The fourth-order valence-electron chi connectivity index (χ4n) is 2.47. The van der Waals surface area contributed by atoms with Crippen molar-refractivity contribution in [3.8, 4) is 0 Å². The van der Waals surface area contributed by atoms with E-state index in [0.717, 1.165) is 0 Å². The van der Waals surface area contributed by atoms with E-state index in [1.165, 1.54) is 6.07 Å². The molecule has 1 heterocycles. The second-order valence-electron chi connectivity index (χ2n) is 6.26. The molecule has 138 valence electrons. The second-order valence-corrected chi connectivity index (χ2v) is 6.26. The van der Waals surface area contributed by atoms with Gasteiger partial charge in [0.15, 0.2) is 11.2 Å². The largest absolute Gasteiger partial charge is 0.451 e. The van der Waals surface area contributed by atoms with Gasteiger partial charge in [-0.2, -0.15) is 0 Å². The third kappa shape index (κ3) is 4.52. The summed E-state index contributed by atoms with van der Waals surface area (Å²) in [6, 6.07) is 14.2. The van der Waals surface area contributed by atoms with Crippen LogP contribution in [-0.2, 0) is 0 Å². The summed E-state index contributed by atoms with van der Waals surface area (Å²) < 4.78 is 5.51. The van der Waals surface area contributed by atoms with Crippen LogP contribution in [0, 0.1) is 0 Å². The molecule has 0 fully saturated rings. The van der Waals surface area contributed by atoms with Gasteiger partial charge in [-0.05, 0) is 50.2 Å². The predicted molar refractivity (Wildman–Crippen MR) is 104 cm³/mol. The molecule has 7 nitrogen and oxygen atoms in total. The molecule has 1 aromatic heterocycles. The summed E-state index contributed by atoms with van der Waals surface area (Å²) in [5.74, 6) is -0.603. The molecule has 0 spiro atoms. The van der Waals surface area contributed by atoms with Crippen molar-refractivity contribution in [1.29, 1.82) is 0 Å². The van der Waals surface area contributed by atoms with Gasteiger partial charge in [0.1, 0.15) is 5.58 Å². The van der Waals surface area contributed by atoms with Gasteiger partial charge in [-0.15, -0.1) is 0 Å². The molecule has 0 aliphatic carbocycles. The molecule has 3 rings (SSSR count). The van der Waals surface area contributed by atoms with E-state index in [0.29, 0.717) is 22.3 Å². The van der Waals surface area contributed by atoms with E-state index < -0.39 is 5.91 Å². The first-order valence-electron chi connectivity index (χ1n) is 8.44. The van der Waals surface area contributed by atoms with Crippen molar-refractivity contribution >= 4 is 34.3 Å². The fourth-order valence-corrected chi connectivity index (χ4v) is 2.47. The second kappa shape index (κ2) is 7.74. The van der Waals surface area contributed by atoms with Gasteiger partial charge in [-0.3, -0.25) is 9.59 Å². The van der Waals surface area contributed by atoms with E-state index in [2.05, 4.69) is 16.0 Å². The normalized spacial score (nSPS) is 10.6. The van der Waals surface area contributed by atoms with Gasteiger partial charge in [-0.25, -0.2) is 4.79 Å². The summed E-state index contributed by atoms with van der Waals surface area (Å²) in [7, 11) is 0. The number of hydrogen-bond donors (Lipinski definition) is 3. The zero-order valence-corrected chi connectivity index (χ0v) is 14.9. The van der Waals surface area contributed by atoms with E-state index in [-0.39, 0.29) is 23.3 Å². The average Bonchev–Trinajstić information content (AvgIpc) is 2.62. The number of anilines is 2. The summed E-state index contributed by atoms with van der Waals surface area (Å²) in [5, 5.41) is 8.49. The van der Waals surface area contributed by atoms with Crippen molar-refractivity contribution in [3.63, 3.8) is 0 Å². The van der Waals surface area contributed by atoms with Gasteiger partial charge in [0.2, 0.25) is 0 Å². The average molecular weight is 365 g/mol. The molecule has 0 unspecified atom stereocenters. The van der Waals surface area contributed by atoms with Crippen molar-refractivity contribution in [2.75, 3.05) is 10.6 Å². The lowest BCUT2D eigenvalue weighted by Crippen LogP contribution is -2.34. The van der Waals surface area contributed by atoms with E-state index in [1.807, 2.05) is 13.8 Å². The van der Waals surface area contributed by atoms with E-state index in [4.69, 9.17) is 4.42 Å². The highest BCUT2D eigenvalue weighted by Gasteiger charge is 2.12. The summed E-state index contributed by atoms with van der Waals surface area (Å²) >= 11 is 0. The summed E-state index contributed by atoms with van der Waals surface area (Å²) in [4.78, 5) is 36.1. The number of para-hydroxylation sites is 1. The van der Waals surface area contributed by atoms with Crippen LogP contribution in [0.2, 0.25) is 0 Å². The van der Waals surface area contributed by atoms with Crippen LogP contribution in [0.1, 0.15) is 24.4 Å². The topological polar surface area (TPSA) is 100 Å². The predicted octanol–water partition coefficient (Wildman–Crippen LogP) is 3.58. The quantitative estimate of drug-likeness (QED) is 0.658. The number of rotatable bonds is 4. The molecule has 7 heteroatoms. The molecule has 0 saturated heterocycles. The molecule has 3 aromatic rings. The van der Waals surface area contributed by atoms with E-state index in [1.54, 1.807) is 48.5 Å². The van der Waals surface area contributed by atoms with Crippen LogP contribution in [0.15, 0.2) is 63.8 Å². The maximum atomic E-state index is 12.4. The highest BCUT2D eigenvalue weighted by Crippen LogP contribution is 2.16. The Morgan fingerprint density at radius 2 is 1.56 bits per heavy atom. The molecule has 3 amide bonds. The number of amides is 3. The van der Waals surface area contributed by atoms with Crippen LogP contribution >= 0.6 is 0 Å². The van der Waals surface area contributed by atoms with Gasteiger partial charge in [0.25, 0.3) is 5.91 Å². The Kier molecular flexibility index (Phi) is 5.21. The highest BCUT2D eigenvalue weighted by atomic mass is 16.3. The maximum Gasteiger partial charge on any atom is 0.319 e. The lowest BCUT2D eigenvalue weighted by atomic mass is 10.2. The Balaban J connectivity index is 1.71. The Hall–Kier alpha value is -3.61. The Morgan fingerprint density at radius 1 is 0.926 bits per heavy atom. The van der Waals surface area contributed by atoms with Crippen LogP contribution in [0.4, 0.5) is 16.2 Å². The molecular weight excluding hydrogens is 346 g/mol. The van der Waals surface area contributed by atoms with Gasteiger partial charge in [0.05, 0.1) is 5.39 Å². The molecule has 0 atom stereocenters. The lowest BCUT2D eigenvalue weighted by Gasteiger charge is -2.11. The Bertz CT molecular complexity index is 1040. The first-order chi connectivity index (χ1) is 12.9. The van der Waals surface area contributed by atoms with Crippen molar-refractivity contribution in [1.82, 2.24) is 5.32 Å². The monoisotopic (exact) mass is 365 g/mol. The number of hydrogen-bond acceptors (Lipinski definition) is 4. The van der Waals surface area contributed by atoms with Crippen molar-refractivity contribution in [3.05, 3.63) is 70.6 Å².